The monoisotopic (exact) mass is 375 g/mol. The Morgan fingerprint density at radius 1 is 1.24 bits per heavy atom. The Balaban J connectivity index is 1.67. The fraction of sp³-hybridized carbons (Fsp3) is 0.278. The van der Waals surface area contributed by atoms with Crippen molar-refractivity contribution in [3.05, 3.63) is 58.5 Å². The van der Waals surface area contributed by atoms with Crippen molar-refractivity contribution in [2.45, 2.75) is 19.0 Å². The third-order valence-electron chi connectivity index (χ3n) is 4.45. The van der Waals surface area contributed by atoms with E-state index in [0.717, 1.165) is 10.3 Å². The molecule has 5 nitrogen and oxygen atoms in total. The van der Waals surface area contributed by atoms with E-state index in [0.29, 0.717) is 18.5 Å². The number of para-hydroxylation sites is 1. The molecule has 0 N–H and O–H groups in total. The number of hydrogen-bond acceptors (Lipinski definition) is 5. The van der Waals surface area contributed by atoms with Gasteiger partial charge in [0.1, 0.15) is 5.58 Å². The van der Waals surface area contributed by atoms with E-state index in [1.54, 1.807) is 22.3 Å². The highest BCUT2D eigenvalue weighted by atomic mass is 32.2. The van der Waals surface area contributed by atoms with E-state index < -0.39 is 9.84 Å². The van der Waals surface area contributed by atoms with Gasteiger partial charge in [-0.3, -0.25) is 4.79 Å². The van der Waals surface area contributed by atoms with Crippen LogP contribution in [0.25, 0.3) is 11.0 Å². The summed E-state index contributed by atoms with van der Waals surface area (Å²) < 4.78 is 29.5. The molecule has 0 saturated carbocycles. The lowest BCUT2D eigenvalue weighted by Gasteiger charge is -2.27. The highest BCUT2D eigenvalue weighted by Gasteiger charge is 2.36. The van der Waals surface area contributed by atoms with Crippen molar-refractivity contribution >= 4 is 38.1 Å². The largest absolute Gasteiger partial charge is 0.451 e. The van der Waals surface area contributed by atoms with Gasteiger partial charge in [-0.2, -0.15) is 0 Å². The molecule has 1 aliphatic rings. The van der Waals surface area contributed by atoms with E-state index in [1.807, 2.05) is 41.8 Å². The molecule has 4 rings (SSSR count). The van der Waals surface area contributed by atoms with E-state index in [4.69, 9.17) is 4.42 Å². The lowest BCUT2D eigenvalue weighted by molar-refractivity contribution is 0.0652. The number of carbonyl (C=O) groups is 1. The molecule has 0 spiro atoms. The Morgan fingerprint density at radius 3 is 2.76 bits per heavy atom. The van der Waals surface area contributed by atoms with Gasteiger partial charge in [0, 0.05) is 16.3 Å². The number of fused-ring (bicyclic) bond motifs is 1. The van der Waals surface area contributed by atoms with E-state index >= 15 is 0 Å². The zero-order chi connectivity index (χ0) is 17.4. The van der Waals surface area contributed by atoms with E-state index in [2.05, 4.69) is 0 Å². The standard InChI is InChI=1S/C18H17NO4S2/c20-18(17-10-13-4-1-2-6-16(13)23-17)19(11-15-5-3-8-24-15)14-7-9-25(21,22)12-14/h1-6,8,10,14H,7,9,11-12H2. The second kappa shape index (κ2) is 6.31. The number of hydrogen-bond donors (Lipinski definition) is 0. The molecular weight excluding hydrogens is 358 g/mol. The lowest BCUT2D eigenvalue weighted by atomic mass is 10.2. The first-order valence-corrected chi connectivity index (χ1v) is 10.7. The average Bonchev–Trinajstić information content (AvgIpc) is 3.30. The molecule has 1 aliphatic heterocycles. The van der Waals surface area contributed by atoms with Crippen LogP contribution in [-0.4, -0.2) is 36.8 Å². The number of amides is 1. The fourth-order valence-corrected chi connectivity index (χ4v) is 5.62. The SMILES string of the molecule is O=C(c1cc2ccccc2o1)N(Cc1cccs1)C1CCS(=O)(=O)C1. The Kier molecular flexibility index (Phi) is 4.13. The highest BCUT2D eigenvalue weighted by molar-refractivity contribution is 7.91. The summed E-state index contributed by atoms with van der Waals surface area (Å²) in [6.45, 7) is 0.397. The van der Waals surface area contributed by atoms with Crippen LogP contribution in [0, 0.1) is 0 Å². The summed E-state index contributed by atoms with van der Waals surface area (Å²) in [6.07, 6.45) is 0.472. The van der Waals surface area contributed by atoms with Crippen LogP contribution in [0.1, 0.15) is 21.9 Å². The molecule has 1 amide bonds. The molecule has 3 aromatic rings. The number of carbonyl (C=O) groups excluding carboxylic acids is 1. The predicted octanol–water partition coefficient (Wildman–Crippen LogP) is 3.32. The predicted molar refractivity (Wildman–Crippen MR) is 97.5 cm³/mol. The van der Waals surface area contributed by atoms with E-state index in [1.165, 1.54) is 0 Å². The topological polar surface area (TPSA) is 67.6 Å². The molecule has 0 bridgehead atoms. The smallest absolute Gasteiger partial charge is 0.290 e. The molecule has 1 saturated heterocycles. The number of nitrogens with zero attached hydrogens (tertiary/aromatic N) is 1. The Morgan fingerprint density at radius 2 is 2.08 bits per heavy atom. The first kappa shape index (κ1) is 16.4. The van der Waals surface area contributed by atoms with Gasteiger partial charge in [0.05, 0.1) is 18.1 Å². The van der Waals surface area contributed by atoms with Crippen LogP contribution in [0.5, 0.6) is 0 Å². The van der Waals surface area contributed by atoms with Crippen LogP contribution >= 0.6 is 11.3 Å². The molecule has 7 heteroatoms. The van der Waals surface area contributed by atoms with Crippen molar-refractivity contribution in [3.63, 3.8) is 0 Å². The van der Waals surface area contributed by atoms with Crippen LogP contribution in [-0.2, 0) is 16.4 Å². The number of rotatable bonds is 4. The van der Waals surface area contributed by atoms with Gasteiger partial charge in [-0.15, -0.1) is 11.3 Å². The quantitative estimate of drug-likeness (QED) is 0.701. The minimum absolute atomic E-state index is 0.0182. The van der Waals surface area contributed by atoms with Crippen molar-refractivity contribution in [2.24, 2.45) is 0 Å². The van der Waals surface area contributed by atoms with Gasteiger partial charge in [-0.25, -0.2) is 8.42 Å². The van der Waals surface area contributed by atoms with Crippen molar-refractivity contribution in [1.29, 1.82) is 0 Å². The average molecular weight is 375 g/mol. The van der Waals surface area contributed by atoms with Gasteiger partial charge in [-0.05, 0) is 30.0 Å². The minimum Gasteiger partial charge on any atom is -0.451 e. The van der Waals surface area contributed by atoms with Gasteiger partial charge in [-0.1, -0.05) is 24.3 Å². The summed E-state index contributed by atoms with van der Waals surface area (Å²) in [5, 5.41) is 2.81. The second-order valence-electron chi connectivity index (χ2n) is 6.22. The molecule has 3 heterocycles. The lowest BCUT2D eigenvalue weighted by Crippen LogP contribution is -2.40. The zero-order valence-corrected chi connectivity index (χ0v) is 15.1. The van der Waals surface area contributed by atoms with Crippen molar-refractivity contribution in [3.8, 4) is 0 Å². The molecule has 1 atom stereocenters. The maximum Gasteiger partial charge on any atom is 0.290 e. The molecule has 130 valence electrons. The summed E-state index contributed by atoms with van der Waals surface area (Å²) in [7, 11) is -3.08. The molecule has 1 aromatic carbocycles. The highest BCUT2D eigenvalue weighted by Crippen LogP contribution is 2.26. The van der Waals surface area contributed by atoms with Crippen molar-refractivity contribution in [1.82, 2.24) is 4.90 Å². The van der Waals surface area contributed by atoms with Gasteiger partial charge in [0.15, 0.2) is 15.6 Å². The number of thiophene rings is 1. The first-order valence-electron chi connectivity index (χ1n) is 8.04. The van der Waals surface area contributed by atoms with Gasteiger partial charge < -0.3 is 9.32 Å². The van der Waals surface area contributed by atoms with Crippen LogP contribution in [0.4, 0.5) is 0 Å². The summed E-state index contributed by atoms with van der Waals surface area (Å²) in [6, 6.07) is 12.7. The summed E-state index contributed by atoms with van der Waals surface area (Å²) >= 11 is 1.55. The molecule has 1 unspecified atom stereocenters. The van der Waals surface area contributed by atoms with Gasteiger partial charge in [0.25, 0.3) is 5.91 Å². The number of benzene rings is 1. The van der Waals surface area contributed by atoms with Crippen LogP contribution in [0.3, 0.4) is 0 Å². The fourth-order valence-electron chi connectivity index (χ4n) is 3.19. The Labute approximate surface area is 149 Å². The third kappa shape index (κ3) is 3.34. The first-order chi connectivity index (χ1) is 12.0. The third-order valence-corrected chi connectivity index (χ3v) is 7.06. The Hall–Kier alpha value is -2.12. The maximum atomic E-state index is 13.1. The molecule has 2 aromatic heterocycles. The van der Waals surface area contributed by atoms with Crippen LogP contribution in [0.2, 0.25) is 0 Å². The van der Waals surface area contributed by atoms with Crippen LogP contribution < -0.4 is 0 Å². The van der Waals surface area contributed by atoms with Crippen LogP contribution in [0.15, 0.2) is 52.3 Å². The van der Waals surface area contributed by atoms with E-state index in [9.17, 15) is 13.2 Å². The van der Waals surface area contributed by atoms with Gasteiger partial charge in [0.2, 0.25) is 0 Å². The summed E-state index contributed by atoms with van der Waals surface area (Å²) in [5.74, 6) is 0.143. The zero-order valence-electron chi connectivity index (χ0n) is 13.4. The maximum absolute atomic E-state index is 13.1. The number of furan rings is 1. The van der Waals surface area contributed by atoms with Crippen molar-refractivity contribution in [2.75, 3.05) is 11.5 Å². The summed E-state index contributed by atoms with van der Waals surface area (Å²) in [5.41, 5.74) is 0.654. The van der Waals surface area contributed by atoms with Gasteiger partial charge >= 0.3 is 0 Å². The van der Waals surface area contributed by atoms with E-state index in [-0.39, 0.29) is 29.2 Å². The minimum atomic E-state index is -3.08. The molecular formula is C18H17NO4S2. The molecule has 0 radical (unpaired) electrons. The molecule has 1 fully saturated rings. The molecule has 0 aliphatic carbocycles. The number of sulfone groups is 1. The summed E-state index contributed by atoms with van der Waals surface area (Å²) in [4.78, 5) is 15.7. The van der Waals surface area contributed by atoms with Crippen molar-refractivity contribution < 1.29 is 17.6 Å². The Bertz CT molecular complexity index is 972. The second-order valence-corrected chi connectivity index (χ2v) is 9.48. The molecule has 25 heavy (non-hydrogen) atoms. The normalized spacial score (nSPS) is 19.3.